The Balaban J connectivity index is 2.33. The van der Waals surface area contributed by atoms with Crippen molar-refractivity contribution in [2.45, 2.75) is 39.4 Å². The highest BCUT2D eigenvalue weighted by Gasteiger charge is 2.12. The lowest BCUT2D eigenvalue weighted by Crippen LogP contribution is -2.26. The first-order valence-corrected chi connectivity index (χ1v) is 7.70. The lowest BCUT2D eigenvalue weighted by atomic mass is 10.1. The molecule has 0 heterocycles. The van der Waals surface area contributed by atoms with E-state index in [-0.39, 0.29) is 31.3 Å². The summed E-state index contributed by atoms with van der Waals surface area (Å²) < 4.78 is 15.2. The van der Waals surface area contributed by atoms with E-state index in [1.165, 1.54) is 6.92 Å². The van der Waals surface area contributed by atoms with Crippen LogP contribution >= 0.6 is 0 Å². The highest BCUT2D eigenvalue weighted by atomic mass is 16.6. The van der Waals surface area contributed by atoms with E-state index in [0.717, 1.165) is 11.3 Å². The van der Waals surface area contributed by atoms with E-state index < -0.39 is 18.0 Å². The molecule has 6 heteroatoms. The van der Waals surface area contributed by atoms with E-state index >= 15 is 0 Å². The van der Waals surface area contributed by atoms with Crippen molar-refractivity contribution in [3.63, 3.8) is 0 Å². The van der Waals surface area contributed by atoms with Gasteiger partial charge in [-0.1, -0.05) is 18.7 Å². The molecule has 1 aromatic rings. The molecule has 1 N–H and O–H groups in total. The molecule has 1 atom stereocenters. The van der Waals surface area contributed by atoms with E-state index in [4.69, 9.17) is 14.2 Å². The molecule has 0 aromatic heterocycles. The van der Waals surface area contributed by atoms with Crippen LogP contribution in [-0.2, 0) is 25.5 Å². The number of carbonyl (C=O) groups is 2. The molecule has 0 aliphatic heterocycles. The van der Waals surface area contributed by atoms with Gasteiger partial charge in [-0.15, -0.1) is 0 Å². The normalized spacial score (nSPS) is 11.7. The second kappa shape index (κ2) is 9.72. The molecule has 0 saturated heterocycles. The van der Waals surface area contributed by atoms with E-state index in [0.29, 0.717) is 0 Å². The number of carbonyl (C=O) groups excluding carboxylic acids is 2. The summed E-state index contributed by atoms with van der Waals surface area (Å²) in [5.74, 6) is -0.334. The fraction of sp³-hybridized carbons (Fsp3) is 0.444. The maximum Gasteiger partial charge on any atom is 0.333 e. The van der Waals surface area contributed by atoms with Crippen LogP contribution in [0, 0.1) is 0 Å². The first-order chi connectivity index (χ1) is 11.3. The van der Waals surface area contributed by atoms with Gasteiger partial charge >= 0.3 is 11.9 Å². The van der Waals surface area contributed by atoms with Crippen LogP contribution in [-0.4, -0.2) is 42.5 Å². The van der Waals surface area contributed by atoms with Crippen LogP contribution in [0.2, 0.25) is 0 Å². The van der Waals surface area contributed by atoms with E-state index in [1.54, 1.807) is 24.3 Å². The number of hydrogen-bond acceptors (Lipinski definition) is 6. The van der Waals surface area contributed by atoms with Gasteiger partial charge in [0.1, 0.15) is 25.1 Å². The molecule has 0 amide bonds. The second-order valence-electron chi connectivity index (χ2n) is 5.70. The van der Waals surface area contributed by atoms with Crippen LogP contribution in [0.1, 0.15) is 26.3 Å². The van der Waals surface area contributed by atoms with Crippen molar-refractivity contribution in [3.8, 4) is 5.75 Å². The summed E-state index contributed by atoms with van der Waals surface area (Å²) in [5, 5.41) is 9.61. The highest BCUT2D eigenvalue weighted by Crippen LogP contribution is 2.14. The van der Waals surface area contributed by atoms with E-state index in [9.17, 15) is 14.7 Å². The zero-order valence-electron chi connectivity index (χ0n) is 14.3. The smallest absolute Gasteiger partial charge is 0.333 e. The van der Waals surface area contributed by atoms with Crippen molar-refractivity contribution in [3.05, 3.63) is 42.0 Å². The van der Waals surface area contributed by atoms with Gasteiger partial charge < -0.3 is 19.3 Å². The first kappa shape index (κ1) is 19.7. The summed E-state index contributed by atoms with van der Waals surface area (Å²) in [6, 6.07) is 7.14. The van der Waals surface area contributed by atoms with Crippen molar-refractivity contribution in [2.75, 3.05) is 13.2 Å². The predicted octanol–water partition coefficient (Wildman–Crippen LogP) is 2.04. The molecule has 0 radical (unpaired) electrons. The molecule has 24 heavy (non-hydrogen) atoms. The van der Waals surface area contributed by atoms with Gasteiger partial charge in [-0.05, 0) is 38.5 Å². The van der Waals surface area contributed by atoms with Crippen LogP contribution < -0.4 is 4.74 Å². The van der Waals surface area contributed by atoms with Gasteiger partial charge in [-0.2, -0.15) is 0 Å². The maximum absolute atomic E-state index is 11.7. The lowest BCUT2D eigenvalue weighted by Gasteiger charge is -2.12. The number of aliphatic hydroxyl groups excluding tert-OH is 1. The second-order valence-corrected chi connectivity index (χ2v) is 5.70. The zero-order valence-corrected chi connectivity index (χ0v) is 14.3. The van der Waals surface area contributed by atoms with Gasteiger partial charge in [0.25, 0.3) is 0 Å². The van der Waals surface area contributed by atoms with Crippen molar-refractivity contribution in [2.24, 2.45) is 0 Å². The van der Waals surface area contributed by atoms with Crippen LogP contribution in [0.4, 0.5) is 0 Å². The SMILES string of the molecule is C=C(C)C(=O)OCC(O)COC(=O)Cc1ccc(OC(C)C)cc1. The third kappa shape index (κ3) is 7.78. The van der Waals surface area contributed by atoms with Crippen molar-refractivity contribution in [1.29, 1.82) is 0 Å². The van der Waals surface area contributed by atoms with Gasteiger partial charge in [0.15, 0.2) is 0 Å². The van der Waals surface area contributed by atoms with Crippen LogP contribution in [0.3, 0.4) is 0 Å². The average Bonchev–Trinajstić information content (AvgIpc) is 2.51. The van der Waals surface area contributed by atoms with Crippen molar-refractivity contribution >= 4 is 11.9 Å². The van der Waals surface area contributed by atoms with Crippen molar-refractivity contribution in [1.82, 2.24) is 0 Å². The largest absolute Gasteiger partial charge is 0.491 e. The predicted molar refractivity (Wildman–Crippen MR) is 88.6 cm³/mol. The molecule has 6 nitrogen and oxygen atoms in total. The quantitative estimate of drug-likeness (QED) is 0.549. The minimum absolute atomic E-state index is 0.0836. The minimum Gasteiger partial charge on any atom is -0.491 e. The molecule has 1 rings (SSSR count). The standard InChI is InChI=1S/C18H24O6/c1-12(2)18(21)23-11-15(19)10-22-17(20)9-14-5-7-16(8-6-14)24-13(3)4/h5-8,13,15,19H,1,9-11H2,2-4H3. The molecule has 0 aliphatic rings. The third-order valence-electron chi connectivity index (χ3n) is 2.84. The Bertz CT molecular complexity index is 561. The fourth-order valence-corrected chi connectivity index (χ4v) is 1.71. The summed E-state index contributed by atoms with van der Waals surface area (Å²) in [7, 11) is 0. The average molecular weight is 336 g/mol. The van der Waals surface area contributed by atoms with Crippen LogP contribution in [0.25, 0.3) is 0 Å². The van der Waals surface area contributed by atoms with Crippen LogP contribution in [0.5, 0.6) is 5.75 Å². The lowest BCUT2D eigenvalue weighted by molar-refractivity contribution is -0.149. The molecule has 132 valence electrons. The Labute approximate surface area is 142 Å². The Morgan fingerprint density at radius 2 is 1.71 bits per heavy atom. The molecule has 0 bridgehead atoms. The summed E-state index contributed by atoms with van der Waals surface area (Å²) in [6.07, 6.45) is -0.902. The Morgan fingerprint density at radius 1 is 1.12 bits per heavy atom. The number of hydrogen-bond donors (Lipinski definition) is 1. The number of rotatable bonds is 9. The molecule has 0 aliphatic carbocycles. The van der Waals surface area contributed by atoms with Gasteiger partial charge in [-0.25, -0.2) is 4.79 Å². The number of esters is 2. The minimum atomic E-state index is -1.07. The van der Waals surface area contributed by atoms with Gasteiger partial charge in [0.05, 0.1) is 12.5 Å². The zero-order chi connectivity index (χ0) is 18.1. The van der Waals surface area contributed by atoms with Crippen molar-refractivity contribution < 1.29 is 28.9 Å². The summed E-state index contributed by atoms with van der Waals surface area (Å²) in [4.78, 5) is 22.9. The number of ether oxygens (including phenoxy) is 3. The third-order valence-corrected chi connectivity index (χ3v) is 2.84. The molecule has 0 spiro atoms. The molecule has 0 fully saturated rings. The van der Waals surface area contributed by atoms with Gasteiger partial charge in [0, 0.05) is 5.57 Å². The van der Waals surface area contributed by atoms with Gasteiger partial charge in [-0.3, -0.25) is 4.79 Å². The summed E-state index contributed by atoms with van der Waals surface area (Å²) in [6.45, 7) is 8.31. The molecular formula is C18H24O6. The molecule has 0 saturated carbocycles. The molecule has 1 unspecified atom stereocenters. The highest BCUT2D eigenvalue weighted by molar-refractivity contribution is 5.86. The fourth-order valence-electron chi connectivity index (χ4n) is 1.71. The van der Waals surface area contributed by atoms with Gasteiger partial charge in [0.2, 0.25) is 0 Å². The topological polar surface area (TPSA) is 82.1 Å². The molecule has 1 aromatic carbocycles. The molecular weight excluding hydrogens is 312 g/mol. The maximum atomic E-state index is 11.7. The Hall–Kier alpha value is -2.34. The Kier molecular flexibility index (Phi) is 7.98. The monoisotopic (exact) mass is 336 g/mol. The summed E-state index contributed by atoms with van der Waals surface area (Å²) in [5.41, 5.74) is 1.02. The Morgan fingerprint density at radius 3 is 2.25 bits per heavy atom. The summed E-state index contributed by atoms with van der Waals surface area (Å²) >= 11 is 0. The van der Waals surface area contributed by atoms with Crippen LogP contribution in [0.15, 0.2) is 36.4 Å². The van der Waals surface area contributed by atoms with E-state index in [2.05, 4.69) is 6.58 Å². The first-order valence-electron chi connectivity index (χ1n) is 7.70. The number of aliphatic hydroxyl groups is 1. The van der Waals surface area contributed by atoms with E-state index in [1.807, 2.05) is 13.8 Å². The number of benzene rings is 1.